The summed E-state index contributed by atoms with van der Waals surface area (Å²) >= 11 is 0. The summed E-state index contributed by atoms with van der Waals surface area (Å²) in [7, 11) is 0. The van der Waals surface area contributed by atoms with Gasteiger partial charge >= 0.3 is 0 Å². The molecule has 2 aliphatic rings. The van der Waals surface area contributed by atoms with Gasteiger partial charge < -0.3 is 15.0 Å². The van der Waals surface area contributed by atoms with Gasteiger partial charge in [-0.1, -0.05) is 6.07 Å². The fourth-order valence-corrected chi connectivity index (χ4v) is 3.74. The van der Waals surface area contributed by atoms with Crippen molar-refractivity contribution in [2.24, 2.45) is 5.41 Å². The minimum absolute atomic E-state index is 0. The van der Waals surface area contributed by atoms with Crippen LogP contribution in [-0.4, -0.2) is 47.0 Å². The number of aromatic nitrogens is 2. The van der Waals surface area contributed by atoms with E-state index in [0.29, 0.717) is 22.6 Å². The molecule has 1 amide bonds. The first kappa shape index (κ1) is 21.4. The zero-order chi connectivity index (χ0) is 17.1. The second-order valence-corrected chi connectivity index (χ2v) is 6.89. The summed E-state index contributed by atoms with van der Waals surface area (Å²) in [6.07, 6.45) is 8.12. The van der Waals surface area contributed by atoms with Gasteiger partial charge in [0.1, 0.15) is 5.75 Å². The molecule has 4 rings (SSSR count). The molecule has 8 heteroatoms. The smallest absolute Gasteiger partial charge is 0.253 e. The van der Waals surface area contributed by atoms with E-state index in [1.165, 1.54) is 6.42 Å². The normalized spacial score (nSPS) is 17.7. The molecule has 0 aliphatic carbocycles. The number of hydrogen-bond donors (Lipinski definition) is 1. The van der Waals surface area contributed by atoms with Crippen molar-refractivity contribution in [2.75, 3.05) is 26.2 Å². The summed E-state index contributed by atoms with van der Waals surface area (Å²) in [4.78, 5) is 22.9. The molecular weight excluding hydrogens is 387 g/mol. The number of rotatable bonds is 3. The first-order chi connectivity index (χ1) is 12.2. The number of carbonyl (C=O) groups is 1. The Morgan fingerprint density at radius 3 is 2.63 bits per heavy atom. The van der Waals surface area contributed by atoms with Gasteiger partial charge in [-0.2, -0.15) is 0 Å². The van der Waals surface area contributed by atoms with Gasteiger partial charge in [0.05, 0.1) is 6.20 Å². The molecule has 1 spiro atoms. The first-order valence-corrected chi connectivity index (χ1v) is 8.78. The van der Waals surface area contributed by atoms with Gasteiger partial charge in [-0.25, -0.2) is 4.98 Å². The van der Waals surface area contributed by atoms with Crippen LogP contribution in [0.25, 0.3) is 0 Å². The molecule has 2 saturated heterocycles. The summed E-state index contributed by atoms with van der Waals surface area (Å²) in [5.41, 5.74) is 1.06. The molecule has 1 N–H and O–H groups in total. The van der Waals surface area contributed by atoms with E-state index in [1.54, 1.807) is 24.7 Å². The van der Waals surface area contributed by atoms with Crippen molar-refractivity contribution in [2.45, 2.75) is 19.3 Å². The van der Waals surface area contributed by atoms with Crippen molar-refractivity contribution >= 4 is 30.7 Å². The number of nitrogens with zero attached hydrogens (tertiary/aromatic N) is 3. The van der Waals surface area contributed by atoms with Crippen LogP contribution in [0.2, 0.25) is 0 Å². The van der Waals surface area contributed by atoms with Crippen LogP contribution in [-0.2, 0) is 0 Å². The molecular formula is C19H24Cl2N4O2. The number of nitrogens with one attached hydrogen (secondary N) is 1. The third-order valence-electron chi connectivity index (χ3n) is 5.29. The monoisotopic (exact) mass is 410 g/mol. The fourth-order valence-electron chi connectivity index (χ4n) is 3.74. The standard InChI is InChI=1S/C19H22N4O2.2ClH/c24-18(23-10-5-19(6-11-23)4-7-21-14-19)15-2-1-3-16(12-15)25-17-13-20-8-9-22-17;;/h1-3,8-9,12-13,21H,4-7,10-11,14H2;2*1H. The minimum Gasteiger partial charge on any atom is -0.437 e. The van der Waals surface area contributed by atoms with Crippen molar-refractivity contribution in [3.8, 4) is 11.6 Å². The largest absolute Gasteiger partial charge is 0.437 e. The molecule has 1 aromatic heterocycles. The molecule has 0 atom stereocenters. The molecule has 0 bridgehead atoms. The van der Waals surface area contributed by atoms with Crippen molar-refractivity contribution < 1.29 is 9.53 Å². The molecule has 0 radical (unpaired) electrons. The zero-order valence-corrected chi connectivity index (χ0v) is 16.6. The van der Waals surface area contributed by atoms with E-state index in [9.17, 15) is 4.79 Å². The topological polar surface area (TPSA) is 67.3 Å². The number of carbonyl (C=O) groups excluding carboxylic acids is 1. The lowest BCUT2D eigenvalue weighted by Crippen LogP contribution is -2.44. The van der Waals surface area contributed by atoms with Crippen molar-refractivity contribution in [1.82, 2.24) is 20.2 Å². The summed E-state index contributed by atoms with van der Waals surface area (Å²) < 4.78 is 5.68. The Morgan fingerprint density at radius 1 is 1.15 bits per heavy atom. The molecule has 3 heterocycles. The average Bonchev–Trinajstić information content (AvgIpc) is 3.11. The quantitative estimate of drug-likeness (QED) is 0.840. The Bertz CT molecular complexity index is 744. The molecule has 0 unspecified atom stereocenters. The fraction of sp³-hybridized carbons (Fsp3) is 0.421. The highest BCUT2D eigenvalue weighted by molar-refractivity contribution is 5.94. The zero-order valence-electron chi connectivity index (χ0n) is 15.0. The van der Waals surface area contributed by atoms with Crippen LogP contribution in [0.3, 0.4) is 0 Å². The summed E-state index contributed by atoms with van der Waals surface area (Å²) in [6, 6.07) is 7.28. The lowest BCUT2D eigenvalue weighted by molar-refractivity contribution is 0.0607. The van der Waals surface area contributed by atoms with Gasteiger partial charge in [-0.05, 0) is 49.4 Å². The van der Waals surface area contributed by atoms with Crippen molar-refractivity contribution in [1.29, 1.82) is 0 Å². The van der Waals surface area contributed by atoms with Gasteiger partial charge in [-0.15, -0.1) is 24.8 Å². The van der Waals surface area contributed by atoms with Crippen LogP contribution in [0.15, 0.2) is 42.9 Å². The molecule has 2 aliphatic heterocycles. The Labute approximate surface area is 171 Å². The number of benzene rings is 1. The van der Waals surface area contributed by atoms with Crippen LogP contribution in [0.1, 0.15) is 29.6 Å². The van der Waals surface area contributed by atoms with Crippen LogP contribution >= 0.6 is 24.8 Å². The SMILES string of the molecule is Cl.Cl.O=C(c1cccc(Oc2cnccn2)c1)N1CCC2(CCNC2)CC1. The van der Waals surface area contributed by atoms with E-state index >= 15 is 0 Å². The number of halogens is 2. The van der Waals surface area contributed by atoms with Crippen molar-refractivity contribution in [3.05, 3.63) is 48.4 Å². The number of hydrogen-bond acceptors (Lipinski definition) is 5. The third kappa shape index (κ3) is 4.89. The van der Waals surface area contributed by atoms with Crippen LogP contribution in [0.5, 0.6) is 11.6 Å². The van der Waals surface area contributed by atoms with Gasteiger partial charge in [0.2, 0.25) is 5.88 Å². The maximum atomic E-state index is 12.8. The lowest BCUT2D eigenvalue weighted by atomic mass is 9.78. The molecule has 146 valence electrons. The maximum absolute atomic E-state index is 12.8. The summed E-state index contributed by atoms with van der Waals surface area (Å²) in [5.74, 6) is 1.09. The Hall–Kier alpha value is -1.89. The number of amides is 1. The minimum atomic E-state index is 0. The highest BCUT2D eigenvalue weighted by Gasteiger charge is 2.38. The van der Waals surface area contributed by atoms with Crippen LogP contribution < -0.4 is 10.1 Å². The van der Waals surface area contributed by atoms with E-state index in [4.69, 9.17) is 4.74 Å². The average molecular weight is 411 g/mol. The van der Waals surface area contributed by atoms with Gasteiger partial charge in [-0.3, -0.25) is 9.78 Å². The lowest BCUT2D eigenvalue weighted by Gasteiger charge is -2.38. The third-order valence-corrected chi connectivity index (χ3v) is 5.29. The van der Waals surface area contributed by atoms with Crippen LogP contribution in [0.4, 0.5) is 0 Å². The predicted octanol–water partition coefficient (Wildman–Crippen LogP) is 3.33. The first-order valence-electron chi connectivity index (χ1n) is 8.78. The summed E-state index contributed by atoms with van der Waals surface area (Å²) in [5, 5.41) is 3.46. The van der Waals surface area contributed by atoms with Crippen LogP contribution in [0, 0.1) is 5.41 Å². The molecule has 2 aromatic rings. The maximum Gasteiger partial charge on any atom is 0.253 e. The van der Waals surface area contributed by atoms with E-state index < -0.39 is 0 Å². The van der Waals surface area contributed by atoms with E-state index in [2.05, 4.69) is 15.3 Å². The van der Waals surface area contributed by atoms with E-state index in [0.717, 1.165) is 39.0 Å². The Kier molecular flexibility index (Phi) is 7.41. The Morgan fingerprint density at radius 2 is 1.96 bits per heavy atom. The van der Waals surface area contributed by atoms with E-state index in [-0.39, 0.29) is 30.7 Å². The molecule has 1 aromatic carbocycles. The predicted molar refractivity (Wildman–Crippen MR) is 108 cm³/mol. The highest BCUT2D eigenvalue weighted by atomic mass is 35.5. The van der Waals surface area contributed by atoms with Crippen molar-refractivity contribution in [3.63, 3.8) is 0 Å². The molecule has 6 nitrogen and oxygen atoms in total. The number of ether oxygens (including phenoxy) is 1. The summed E-state index contributed by atoms with van der Waals surface area (Å²) in [6.45, 7) is 3.86. The van der Waals surface area contributed by atoms with Gasteiger partial charge in [0.15, 0.2) is 0 Å². The molecule has 27 heavy (non-hydrogen) atoms. The highest BCUT2D eigenvalue weighted by Crippen LogP contribution is 2.37. The Balaban J connectivity index is 0.00000131. The van der Waals surface area contributed by atoms with Gasteiger partial charge in [0, 0.05) is 37.6 Å². The second kappa shape index (κ2) is 9.35. The second-order valence-electron chi connectivity index (χ2n) is 6.89. The van der Waals surface area contributed by atoms with E-state index in [1.807, 2.05) is 23.1 Å². The molecule has 0 saturated carbocycles. The van der Waals surface area contributed by atoms with Gasteiger partial charge in [0.25, 0.3) is 5.91 Å². The number of likely N-dealkylation sites (tertiary alicyclic amines) is 1. The number of piperidine rings is 1. The molecule has 2 fully saturated rings.